The number of amides is 1. The molecule has 1 saturated heterocycles. The number of hydrogen-bond acceptors (Lipinski definition) is 6. The summed E-state index contributed by atoms with van der Waals surface area (Å²) in [6.45, 7) is 0.841. The summed E-state index contributed by atoms with van der Waals surface area (Å²) in [6, 6.07) is 6.35. The number of piperidine rings is 1. The minimum atomic E-state index is -1.55. The van der Waals surface area contributed by atoms with Crippen LogP contribution in [0.2, 0.25) is 0 Å². The number of carboxylic acids is 3. The van der Waals surface area contributed by atoms with Gasteiger partial charge in [-0.05, 0) is 55.5 Å². The fourth-order valence-electron chi connectivity index (χ4n) is 4.56. The molecule has 32 heavy (non-hydrogen) atoms. The molecule has 1 heterocycles. The van der Waals surface area contributed by atoms with Gasteiger partial charge in [-0.25, -0.2) is 14.4 Å². The Kier molecular flexibility index (Phi) is 5.21. The van der Waals surface area contributed by atoms with Crippen molar-refractivity contribution in [1.82, 2.24) is 0 Å². The van der Waals surface area contributed by atoms with Gasteiger partial charge in [0.05, 0.1) is 22.4 Å². The first-order chi connectivity index (χ1) is 15.2. The van der Waals surface area contributed by atoms with Gasteiger partial charge >= 0.3 is 17.9 Å². The Morgan fingerprint density at radius 2 is 1.53 bits per heavy atom. The summed E-state index contributed by atoms with van der Waals surface area (Å²) in [4.78, 5) is 49.6. The highest BCUT2D eigenvalue weighted by molar-refractivity contribution is 6.14. The fourth-order valence-corrected chi connectivity index (χ4v) is 4.56. The number of nitrogens with one attached hydrogen (secondary N) is 1. The molecular weight excluding hydrogens is 420 g/mol. The summed E-state index contributed by atoms with van der Waals surface area (Å²) < 4.78 is 0. The number of aromatic hydroxyl groups is 1. The molecule has 1 aliphatic heterocycles. The lowest BCUT2D eigenvalue weighted by molar-refractivity contribution is 0.0676. The molecule has 0 radical (unpaired) electrons. The van der Waals surface area contributed by atoms with Crippen LogP contribution in [0.4, 0.5) is 11.4 Å². The van der Waals surface area contributed by atoms with Gasteiger partial charge in [-0.2, -0.15) is 0 Å². The molecule has 1 aliphatic carbocycles. The largest absolute Gasteiger partial charge is 0.507 e. The summed E-state index contributed by atoms with van der Waals surface area (Å²) >= 11 is 0. The van der Waals surface area contributed by atoms with E-state index in [2.05, 4.69) is 10.2 Å². The topological polar surface area (TPSA) is 164 Å². The summed E-state index contributed by atoms with van der Waals surface area (Å²) in [5.74, 6) is -5.61. The first-order valence-corrected chi connectivity index (χ1v) is 9.94. The van der Waals surface area contributed by atoms with Gasteiger partial charge in [0.1, 0.15) is 11.3 Å². The Bertz CT molecular complexity index is 1160. The molecule has 2 fully saturated rings. The molecular formula is C22H20N2O8. The van der Waals surface area contributed by atoms with Crippen LogP contribution in [-0.4, -0.2) is 56.8 Å². The minimum absolute atomic E-state index is 0.0379. The number of phenols is 1. The zero-order valence-electron chi connectivity index (χ0n) is 16.7. The Balaban J connectivity index is 1.72. The highest BCUT2D eigenvalue weighted by Gasteiger charge is 2.38. The van der Waals surface area contributed by atoms with Crippen molar-refractivity contribution in [2.24, 2.45) is 5.92 Å². The van der Waals surface area contributed by atoms with E-state index in [-0.39, 0.29) is 11.3 Å². The molecule has 2 atom stereocenters. The van der Waals surface area contributed by atoms with Crippen molar-refractivity contribution in [3.63, 3.8) is 0 Å². The number of carbonyl (C=O) groups is 4. The number of aromatic carboxylic acids is 3. The van der Waals surface area contributed by atoms with Gasteiger partial charge in [-0.1, -0.05) is 0 Å². The number of fused-ring (bicyclic) bond motifs is 2. The minimum Gasteiger partial charge on any atom is -0.507 e. The Labute approximate surface area is 181 Å². The molecule has 2 bridgehead atoms. The van der Waals surface area contributed by atoms with Crippen LogP contribution in [0.3, 0.4) is 0 Å². The molecule has 0 aromatic heterocycles. The lowest BCUT2D eigenvalue weighted by atomic mass is 10.0. The maximum atomic E-state index is 12.9. The third kappa shape index (κ3) is 3.70. The first-order valence-electron chi connectivity index (χ1n) is 9.94. The number of benzene rings is 2. The molecule has 1 amide bonds. The Hall–Kier alpha value is -4.08. The van der Waals surface area contributed by atoms with E-state index in [0.717, 1.165) is 37.6 Å². The lowest BCUT2D eigenvalue weighted by Crippen LogP contribution is -2.32. The Morgan fingerprint density at radius 3 is 2.09 bits per heavy atom. The van der Waals surface area contributed by atoms with Crippen molar-refractivity contribution >= 4 is 35.2 Å². The van der Waals surface area contributed by atoms with E-state index in [4.69, 9.17) is 0 Å². The van der Waals surface area contributed by atoms with Crippen LogP contribution in [0.25, 0.3) is 0 Å². The lowest BCUT2D eigenvalue weighted by Gasteiger charge is -2.29. The van der Waals surface area contributed by atoms with Crippen molar-refractivity contribution in [2.45, 2.75) is 25.3 Å². The van der Waals surface area contributed by atoms with Gasteiger partial charge in [0.2, 0.25) is 0 Å². The number of anilines is 2. The highest BCUT2D eigenvalue weighted by atomic mass is 16.4. The van der Waals surface area contributed by atoms with Crippen molar-refractivity contribution in [1.29, 1.82) is 0 Å². The second kappa shape index (κ2) is 7.88. The summed E-state index contributed by atoms with van der Waals surface area (Å²) in [5.41, 5.74) is -1.28. The SMILES string of the molecule is O=C(O)c1cc(C(=O)Nc2cc(N3CC4CCC3C4)ccc2C(=O)O)c(C(=O)O)cc1O. The van der Waals surface area contributed by atoms with Crippen LogP contribution in [-0.2, 0) is 0 Å². The molecule has 4 rings (SSSR count). The zero-order chi connectivity index (χ0) is 23.2. The molecule has 2 aromatic rings. The second-order valence-corrected chi connectivity index (χ2v) is 8.00. The monoisotopic (exact) mass is 440 g/mol. The second-order valence-electron chi connectivity index (χ2n) is 8.00. The normalized spacial score (nSPS) is 19.1. The van der Waals surface area contributed by atoms with Crippen molar-refractivity contribution in [3.05, 3.63) is 52.6 Å². The van der Waals surface area contributed by atoms with Crippen LogP contribution in [0.1, 0.15) is 60.7 Å². The third-order valence-electron chi connectivity index (χ3n) is 6.06. The van der Waals surface area contributed by atoms with E-state index in [9.17, 15) is 39.6 Å². The molecule has 166 valence electrons. The van der Waals surface area contributed by atoms with E-state index in [0.29, 0.717) is 18.0 Å². The molecule has 2 unspecified atom stereocenters. The molecule has 2 aliphatic rings. The van der Waals surface area contributed by atoms with Crippen LogP contribution < -0.4 is 10.2 Å². The fraction of sp³-hybridized carbons (Fsp3) is 0.273. The molecule has 10 heteroatoms. The van der Waals surface area contributed by atoms with Crippen molar-refractivity contribution in [2.75, 3.05) is 16.8 Å². The molecule has 10 nitrogen and oxygen atoms in total. The van der Waals surface area contributed by atoms with E-state index in [1.807, 2.05) is 0 Å². The number of rotatable bonds is 6. The van der Waals surface area contributed by atoms with Crippen LogP contribution in [0.5, 0.6) is 5.75 Å². The average molecular weight is 440 g/mol. The predicted molar refractivity (Wildman–Crippen MR) is 112 cm³/mol. The summed E-state index contributed by atoms with van der Waals surface area (Å²) in [5, 5.41) is 40.3. The average Bonchev–Trinajstić information content (AvgIpc) is 3.36. The molecule has 1 saturated carbocycles. The number of hydrogen-bond donors (Lipinski definition) is 5. The number of carbonyl (C=O) groups excluding carboxylic acids is 1. The van der Waals surface area contributed by atoms with Gasteiger partial charge in [0.15, 0.2) is 0 Å². The molecule has 5 N–H and O–H groups in total. The Morgan fingerprint density at radius 1 is 0.844 bits per heavy atom. The van der Waals surface area contributed by atoms with E-state index >= 15 is 0 Å². The maximum absolute atomic E-state index is 12.9. The number of carboxylic acid groups (broad SMARTS) is 3. The van der Waals surface area contributed by atoms with Gasteiger partial charge < -0.3 is 30.6 Å². The maximum Gasteiger partial charge on any atom is 0.339 e. The molecule has 2 aromatic carbocycles. The van der Waals surface area contributed by atoms with Crippen molar-refractivity contribution < 1.29 is 39.6 Å². The zero-order valence-corrected chi connectivity index (χ0v) is 16.7. The third-order valence-corrected chi connectivity index (χ3v) is 6.06. The summed E-state index contributed by atoms with van der Waals surface area (Å²) in [7, 11) is 0. The quantitative estimate of drug-likeness (QED) is 0.454. The van der Waals surface area contributed by atoms with Gasteiger partial charge in [-0.15, -0.1) is 0 Å². The van der Waals surface area contributed by atoms with E-state index in [1.165, 1.54) is 12.1 Å². The number of nitrogens with zero attached hydrogens (tertiary/aromatic N) is 1. The molecule has 0 spiro atoms. The van der Waals surface area contributed by atoms with Crippen LogP contribution in [0.15, 0.2) is 30.3 Å². The van der Waals surface area contributed by atoms with Crippen LogP contribution in [0, 0.1) is 5.92 Å². The van der Waals surface area contributed by atoms with Crippen LogP contribution >= 0.6 is 0 Å². The van der Waals surface area contributed by atoms with Crippen molar-refractivity contribution in [3.8, 4) is 5.75 Å². The van der Waals surface area contributed by atoms with Gasteiger partial charge in [0, 0.05) is 18.3 Å². The predicted octanol–water partition coefficient (Wildman–Crippen LogP) is 2.73. The van der Waals surface area contributed by atoms with Gasteiger partial charge in [-0.3, -0.25) is 4.79 Å². The van der Waals surface area contributed by atoms with E-state index in [1.54, 1.807) is 6.07 Å². The standard InChI is InChI=1S/C22H20N2O8/c25-18-8-15(21(29)30)14(7-16(18)22(31)32)19(26)23-17-6-12(3-4-13(17)20(27)28)24-9-10-1-2-11(24)5-10/h3-4,6-8,10-11,25H,1-2,5,9H2,(H,23,26)(H,27,28)(H,29,30)(H,31,32). The van der Waals surface area contributed by atoms with E-state index < -0.39 is 46.3 Å². The summed E-state index contributed by atoms with van der Waals surface area (Å²) in [6.07, 6.45) is 3.26. The smallest absolute Gasteiger partial charge is 0.339 e. The van der Waals surface area contributed by atoms with Gasteiger partial charge in [0.25, 0.3) is 5.91 Å². The highest BCUT2D eigenvalue weighted by Crippen LogP contribution is 2.41. The first kappa shape index (κ1) is 21.2.